The Morgan fingerprint density at radius 1 is 1.06 bits per heavy atom. The third-order valence-corrected chi connectivity index (χ3v) is 5.25. The molecule has 2 saturated carbocycles. The molecule has 1 aliphatic heterocycles. The smallest absolute Gasteiger partial charge is 0.0700 e. The Hall–Kier alpha value is -0.0800. The van der Waals surface area contributed by atoms with E-state index in [1.165, 1.54) is 51.6 Å². The molecule has 1 N–H and O–H groups in total. The van der Waals surface area contributed by atoms with E-state index in [9.17, 15) is 5.11 Å². The zero-order chi connectivity index (χ0) is 11.0. The Kier molecular flexibility index (Phi) is 2.97. The molecule has 1 saturated heterocycles. The Morgan fingerprint density at radius 3 is 2.69 bits per heavy atom. The molecule has 0 bridgehead atoms. The van der Waals surface area contributed by atoms with Gasteiger partial charge in [-0.25, -0.2) is 0 Å². The molecule has 0 spiro atoms. The fourth-order valence-electron chi connectivity index (χ4n) is 3.85. The highest BCUT2D eigenvalue weighted by Gasteiger charge is 2.42. The van der Waals surface area contributed by atoms with Crippen molar-refractivity contribution >= 4 is 0 Å². The molecule has 2 atom stereocenters. The van der Waals surface area contributed by atoms with E-state index in [0.717, 1.165) is 25.3 Å². The Morgan fingerprint density at radius 2 is 1.94 bits per heavy atom. The van der Waals surface area contributed by atoms with Crippen LogP contribution in [0.5, 0.6) is 0 Å². The van der Waals surface area contributed by atoms with E-state index in [0.29, 0.717) is 5.92 Å². The van der Waals surface area contributed by atoms with Gasteiger partial charge in [0.2, 0.25) is 0 Å². The van der Waals surface area contributed by atoms with Crippen LogP contribution >= 0.6 is 0 Å². The van der Waals surface area contributed by atoms with Crippen LogP contribution in [0.3, 0.4) is 0 Å². The predicted octanol–water partition coefficient (Wildman–Crippen LogP) is 2.41. The molecular weight excluding hydrogens is 198 g/mol. The van der Waals surface area contributed by atoms with Crippen LogP contribution in [-0.2, 0) is 0 Å². The number of likely N-dealkylation sites (tertiary alicyclic amines) is 1. The number of nitrogens with zero attached hydrogens (tertiary/aromatic N) is 1. The summed E-state index contributed by atoms with van der Waals surface area (Å²) in [6.45, 7) is 3.63. The van der Waals surface area contributed by atoms with Gasteiger partial charge in [0.15, 0.2) is 0 Å². The standard InChI is InChI=1S/C14H25NO/c16-14-7-2-1-6-13(14)11-15(9-8-14)10-12-4-3-5-12/h12-13,16H,1-11H2. The van der Waals surface area contributed by atoms with Crippen LogP contribution in [0.1, 0.15) is 51.4 Å². The number of fused-ring (bicyclic) bond motifs is 1. The van der Waals surface area contributed by atoms with Gasteiger partial charge in [0.05, 0.1) is 5.60 Å². The van der Waals surface area contributed by atoms with Crippen LogP contribution in [0.2, 0.25) is 0 Å². The highest BCUT2D eigenvalue weighted by atomic mass is 16.3. The lowest BCUT2D eigenvalue weighted by Crippen LogP contribution is -2.54. The highest BCUT2D eigenvalue weighted by molar-refractivity contribution is 4.96. The van der Waals surface area contributed by atoms with Crippen LogP contribution in [0, 0.1) is 11.8 Å². The molecule has 0 amide bonds. The summed E-state index contributed by atoms with van der Waals surface area (Å²) in [5, 5.41) is 10.6. The highest BCUT2D eigenvalue weighted by Crippen LogP contribution is 2.40. The van der Waals surface area contributed by atoms with Gasteiger partial charge in [-0.15, -0.1) is 0 Å². The van der Waals surface area contributed by atoms with Crippen molar-refractivity contribution in [1.82, 2.24) is 4.90 Å². The molecule has 3 fully saturated rings. The van der Waals surface area contributed by atoms with Gasteiger partial charge in [-0.05, 0) is 38.0 Å². The minimum atomic E-state index is -0.283. The minimum Gasteiger partial charge on any atom is -0.390 e. The summed E-state index contributed by atoms with van der Waals surface area (Å²) in [5.41, 5.74) is -0.283. The summed E-state index contributed by atoms with van der Waals surface area (Å²) < 4.78 is 0. The second-order valence-electron chi connectivity index (χ2n) is 6.35. The molecule has 1 heterocycles. The lowest BCUT2D eigenvalue weighted by Gasteiger charge is -2.48. The van der Waals surface area contributed by atoms with E-state index in [2.05, 4.69) is 4.90 Å². The van der Waals surface area contributed by atoms with Gasteiger partial charge in [0.25, 0.3) is 0 Å². The average Bonchev–Trinajstić information content (AvgIpc) is 2.23. The first-order chi connectivity index (χ1) is 7.76. The van der Waals surface area contributed by atoms with Crippen molar-refractivity contribution in [1.29, 1.82) is 0 Å². The van der Waals surface area contributed by atoms with Crippen LogP contribution in [0.25, 0.3) is 0 Å². The maximum absolute atomic E-state index is 10.6. The number of hydrogen-bond acceptors (Lipinski definition) is 2. The van der Waals surface area contributed by atoms with Crippen molar-refractivity contribution in [3.8, 4) is 0 Å². The largest absolute Gasteiger partial charge is 0.390 e. The van der Waals surface area contributed by atoms with Crippen LogP contribution in [0.15, 0.2) is 0 Å². The van der Waals surface area contributed by atoms with Crippen molar-refractivity contribution in [3.05, 3.63) is 0 Å². The summed E-state index contributed by atoms with van der Waals surface area (Å²) in [5.74, 6) is 1.56. The lowest BCUT2D eigenvalue weighted by atomic mass is 9.71. The van der Waals surface area contributed by atoms with Crippen LogP contribution < -0.4 is 0 Å². The van der Waals surface area contributed by atoms with Crippen LogP contribution in [-0.4, -0.2) is 35.2 Å². The number of hydrogen-bond donors (Lipinski definition) is 1. The number of rotatable bonds is 2. The van der Waals surface area contributed by atoms with E-state index in [-0.39, 0.29) is 5.60 Å². The van der Waals surface area contributed by atoms with Gasteiger partial charge in [-0.1, -0.05) is 19.3 Å². The fourth-order valence-corrected chi connectivity index (χ4v) is 3.85. The molecular formula is C14H25NO. The summed E-state index contributed by atoms with van der Waals surface area (Å²) in [7, 11) is 0. The van der Waals surface area contributed by atoms with Gasteiger partial charge in [0.1, 0.15) is 0 Å². The molecule has 2 nitrogen and oxygen atoms in total. The van der Waals surface area contributed by atoms with Gasteiger partial charge in [-0.2, -0.15) is 0 Å². The number of aliphatic hydroxyl groups is 1. The first-order valence-corrected chi connectivity index (χ1v) is 7.21. The first-order valence-electron chi connectivity index (χ1n) is 7.21. The summed E-state index contributed by atoms with van der Waals surface area (Å²) in [6, 6.07) is 0. The molecule has 92 valence electrons. The van der Waals surface area contributed by atoms with E-state index < -0.39 is 0 Å². The molecule has 2 aliphatic carbocycles. The quantitative estimate of drug-likeness (QED) is 0.777. The Bertz CT molecular complexity index is 251. The predicted molar refractivity (Wildman–Crippen MR) is 65.3 cm³/mol. The zero-order valence-electron chi connectivity index (χ0n) is 10.3. The molecule has 16 heavy (non-hydrogen) atoms. The molecule has 3 rings (SSSR count). The number of piperidine rings is 1. The summed E-state index contributed by atoms with van der Waals surface area (Å²) in [6.07, 6.45) is 10.3. The fraction of sp³-hybridized carbons (Fsp3) is 1.00. The van der Waals surface area contributed by atoms with E-state index >= 15 is 0 Å². The third kappa shape index (κ3) is 2.02. The molecule has 3 aliphatic rings. The molecule has 0 aromatic heterocycles. The second-order valence-corrected chi connectivity index (χ2v) is 6.35. The molecule has 0 aromatic rings. The first kappa shape index (κ1) is 11.0. The molecule has 0 radical (unpaired) electrons. The van der Waals surface area contributed by atoms with Crippen molar-refractivity contribution in [2.45, 2.75) is 57.0 Å². The van der Waals surface area contributed by atoms with Crippen LogP contribution in [0.4, 0.5) is 0 Å². The lowest BCUT2D eigenvalue weighted by molar-refractivity contribution is -0.0985. The summed E-state index contributed by atoms with van der Waals surface area (Å²) in [4.78, 5) is 2.63. The topological polar surface area (TPSA) is 23.5 Å². The van der Waals surface area contributed by atoms with Crippen molar-refractivity contribution < 1.29 is 5.11 Å². The zero-order valence-corrected chi connectivity index (χ0v) is 10.3. The van der Waals surface area contributed by atoms with E-state index in [1.807, 2.05) is 0 Å². The van der Waals surface area contributed by atoms with Crippen molar-refractivity contribution in [2.24, 2.45) is 11.8 Å². The van der Waals surface area contributed by atoms with Gasteiger partial charge < -0.3 is 10.0 Å². The SMILES string of the molecule is OC12CCCCC1CN(CC1CCC1)CC2. The molecule has 0 aromatic carbocycles. The maximum atomic E-state index is 10.6. The normalized spacial score (nSPS) is 41.4. The minimum absolute atomic E-state index is 0.283. The van der Waals surface area contributed by atoms with Crippen molar-refractivity contribution in [3.63, 3.8) is 0 Å². The molecule has 2 unspecified atom stereocenters. The van der Waals surface area contributed by atoms with Gasteiger partial charge in [-0.3, -0.25) is 0 Å². The monoisotopic (exact) mass is 223 g/mol. The summed E-state index contributed by atoms with van der Waals surface area (Å²) >= 11 is 0. The second kappa shape index (κ2) is 4.30. The third-order valence-electron chi connectivity index (χ3n) is 5.25. The van der Waals surface area contributed by atoms with Gasteiger partial charge in [0, 0.05) is 25.6 Å². The van der Waals surface area contributed by atoms with Gasteiger partial charge >= 0.3 is 0 Å². The van der Waals surface area contributed by atoms with Crippen molar-refractivity contribution in [2.75, 3.05) is 19.6 Å². The average molecular weight is 223 g/mol. The maximum Gasteiger partial charge on any atom is 0.0700 e. The van der Waals surface area contributed by atoms with E-state index in [1.54, 1.807) is 0 Å². The van der Waals surface area contributed by atoms with E-state index in [4.69, 9.17) is 0 Å². The Labute approximate surface area is 99.0 Å². The Balaban J connectivity index is 1.56. The molecule has 2 heteroatoms.